The summed E-state index contributed by atoms with van der Waals surface area (Å²) in [4.78, 5) is 11.9. The number of nitrogens with one attached hydrogen (secondary N) is 2. The maximum atomic E-state index is 11.9. The van der Waals surface area contributed by atoms with Crippen LogP contribution in [0.4, 0.5) is 10.5 Å². The molecule has 2 aromatic rings. The molecule has 0 bridgehead atoms. The van der Waals surface area contributed by atoms with E-state index < -0.39 is 0 Å². The molecule has 0 spiro atoms. The third-order valence-electron chi connectivity index (χ3n) is 3.00. The number of rotatable bonds is 5. The van der Waals surface area contributed by atoms with Crippen molar-refractivity contribution in [2.24, 2.45) is 0 Å². The van der Waals surface area contributed by atoms with Gasteiger partial charge in [-0.25, -0.2) is 4.79 Å². The molecule has 1 atom stereocenters. The lowest BCUT2D eigenvalue weighted by Crippen LogP contribution is -2.39. The summed E-state index contributed by atoms with van der Waals surface area (Å²) in [5, 5.41) is 6.19. The van der Waals surface area contributed by atoms with Gasteiger partial charge in [0.05, 0.1) is 6.04 Å². The topological polar surface area (TPSA) is 50.4 Å². The molecule has 0 aromatic heterocycles. The van der Waals surface area contributed by atoms with E-state index in [1.54, 1.807) is 24.3 Å². The Morgan fingerprint density at radius 3 is 2.41 bits per heavy atom. The van der Waals surface area contributed by atoms with E-state index in [4.69, 9.17) is 16.3 Å². The number of benzene rings is 2. The van der Waals surface area contributed by atoms with Gasteiger partial charge in [0.1, 0.15) is 12.4 Å². The van der Waals surface area contributed by atoms with E-state index in [0.717, 1.165) is 5.75 Å². The van der Waals surface area contributed by atoms with Crippen LogP contribution in [0, 0.1) is 6.92 Å². The predicted molar refractivity (Wildman–Crippen MR) is 89.7 cm³/mol. The summed E-state index contributed by atoms with van der Waals surface area (Å²) in [7, 11) is 0. The number of carbonyl (C=O) groups excluding carboxylic acids is 1. The van der Waals surface area contributed by atoms with Gasteiger partial charge in [-0.15, -0.1) is 0 Å². The lowest BCUT2D eigenvalue weighted by Gasteiger charge is -2.15. The summed E-state index contributed by atoms with van der Waals surface area (Å²) in [5.41, 5.74) is 1.87. The third-order valence-corrected chi connectivity index (χ3v) is 3.25. The van der Waals surface area contributed by atoms with Crippen LogP contribution in [0.15, 0.2) is 48.5 Å². The van der Waals surface area contributed by atoms with Gasteiger partial charge >= 0.3 is 6.03 Å². The Morgan fingerprint density at radius 1 is 1.14 bits per heavy atom. The number of anilines is 1. The van der Waals surface area contributed by atoms with Gasteiger partial charge in [-0.05, 0) is 50.2 Å². The minimum atomic E-state index is -0.276. The van der Waals surface area contributed by atoms with Gasteiger partial charge in [0.25, 0.3) is 0 Å². The first kappa shape index (κ1) is 16.2. The normalized spacial score (nSPS) is 11.6. The molecule has 22 heavy (non-hydrogen) atoms. The largest absolute Gasteiger partial charge is 0.491 e. The first-order valence-electron chi connectivity index (χ1n) is 7.05. The molecule has 0 unspecified atom stereocenters. The number of hydrogen-bond donors (Lipinski definition) is 2. The van der Waals surface area contributed by atoms with Crippen molar-refractivity contribution in [2.75, 3.05) is 11.9 Å². The van der Waals surface area contributed by atoms with Crippen LogP contribution < -0.4 is 15.4 Å². The molecule has 2 aromatic carbocycles. The fourth-order valence-corrected chi connectivity index (χ4v) is 1.95. The Bertz CT molecular complexity index is 612. The zero-order valence-corrected chi connectivity index (χ0v) is 13.4. The van der Waals surface area contributed by atoms with Crippen LogP contribution >= 0.6 is 11.6 Å². The minimum absolute atomic E-state index is 0.117. The zero-order chi connectivity index (χ0) is 15.9. The summed E-state index contributed by atoms with van der Waals surface area (Å²) in [5.74, 6) is 0.789. The highest BCUT2D eigenvalue weighted by atomic mass is 35.5. The second-order valence-corrected chi connectivity index (χ2v) is 5.57. The van der Waals surface area contributed by atoms with Crippen LogP contribution in [0.1, 0.15) is 12.5 Å². The molecule has 0 aliphatic rings. The second-order valence-electron chi connectivity index (χ2n) is 5.13. The quantitative estimate of drug-likeness (QED) is 0.866. The standard InChI is InChI=1S/C17H19ClN2O2/c1-12-3-9-16(10-4-12)22-11-13(2)19-17(21)20-15-7-5-14(18)6-8-15/h3-10,13H,11H2,1-2H3,(H2,19,20,21)/t13-/m0/s1. The van der Waals surface area contributed by atoms with E-state index in [1.807, 2.05) is 38.1 Å². The summed E-state index contributed by atoms with van der Waals surface area (Å²) >= 11 is 5.80. The summed E-state index contributed by atoms with van der Waals surface area (Å²) in [6.07, 6.45) is 0. The van der Waals surface area contributed by atoms with Crippen molar-refractivity contribution >= 4 is 23.3 Å². The fourth-order valence-electron chi connectivity index (χ4n) is 1.82. The molecule has 0 fully saturated rings. The van der Waals surface area contributed by atoms with E-state index >= 15 is 0 Å². The van der Waals surface area contributed by atoms with Gasteiger partial charge in [0.15, 0.2) is 0 Å². The Balaban J connectivity index is 1.76. The second kappa shape index (κ2) is 7.71. The molecule has 5 heteroatoms. The van der Waals surface area contributed by atoms with Crippen molar-refractivity contribution in [1.82, 2.24) is 5.32 Å². The monoisotopic (exact) mass is 318 g/mol. The van der Waals surface area contributed by atoms with Crippen molar-refractivity contribution in [3.8, 4) is 5.75 Å². The SMILES string of the molecule is Cc1ccc(OC[C@H](C)NC(=O)Nc2ccc(Cl)cc2)cc1. The van der Waals surface area contributed by atoms with Gasteiger partial charge in [-0.2, -0.15) is 0 Å². The Labute approximate surface area is 135 Å². The lowest BCUT2D eigenvalue weighted by atomic mass is 10.2. The maximum absolute atomic E-state index is 11.9. The molecular formula is C17H19ClN2O2. The molecule has 116 valence electrons. The molecule has 2 amide bonds. The first-order chi connectivity index (χ1) is 10.5. The molecule has 2 N–H and O–H groups in total. The molecule has 4 nitrogen and oxygen atoms in total. The number of amides is 2. The number of ether oxygens (including phenoxy) is 1. The molecule has 0 aliphatic carbocycles. The van der Waals surface area contributed by atoms with Crippen molar-refractivity contribution in [3.05, 3.63) is 59.1 Å². The van der Waals surface area contributed by atoms with Crippen LogP contribution in [-0.2, 0) is 0 Å². The number of hydrogen-bond acceptors (Lipinski definition) is 2. The summed E-state index contributed by atoms with van der Waals surface area (Å²) in [6, 6.07) is 14.3. The third kappa shape index (κ3) is 5.30. The van der Waals surface area contributed by atoms with Crippen LogP contribution in [0.25, 0.3) is 0 Å². The van der Waals surface area contributed by atoms with Crippen molar-refractivity contribution in [1.29, 1.82) is 0 Å². The minimum Gasteiger partial charge on any atom is -0.491 e. The van der Waals surface area contributed by atoms with Crippen LogP contribution in [0.2, 0.25) is 5.02 Å². The lowest BCUT2D eigenvalue weighted by molar-refractivity contribution is 0.236. The van der Waals surface area contributed by atoms with E-state index in [-0.39, 0.29) is 12.1 Å². The highest BCUT2D eigenvalue weighted by molar-refractivity contribution is 6.30. The number of urea groups is 1. The van der Waals surface area contributed by atoms with Crippen molar-refractivity contribution in [2.45, 2.75) is 19.9 Å². The van der Waals surface area contributed by atoms with E-state index in [2.05, 4.69) is 10.6 Å². The summed E-state index contributed by atoms with van der Waals surface area (Å²) in [6.45, 7) is 4.31. The van der Waals surface area contributed by atoms with Crippen LogP contribution in [0.3, 0.4) is 0 Å². The number of aryl methyl sites for hydroxylation is 1. The van der Waals surface area contributed by atoms with Gasteiger partial charge in [0, 0.05) is 10.7 Å². The predicted octanol–water partition coefficient (Wildman–Crippen LogP) is 4.24. The van der Waals surface area contributed by atoms with Crippen LogP contribution in [-0.4, -0.2) is 18.7 Å². The molecule has 2 rings (SSSR count). The van der Waals surface area contributed by atoms with E-state index in [9.17, 15) is 4.79 Å². The average Bonchev–Trinajstić information content (AvgIpc) is 2.49. The van der Waals surface area contributed by atoms with Gasteiger partial charge in [-0.1, -0.05) is 29.3 Å². The summed E-state index contributed by atoms with van der Waals surface area (Å²) < 4.78 is 5.63. The van der Waals surface area contributed by atoms with Gasteiger partial charge < -0.3 is 15.4 Å². The Hall–Kier alpha value is -2.20. The number of halogens is 1. The average molecular weight is 319 g/mol. The van der Waals surface area contributed by atoms with E-state index in [1.165, 1.54) is 5.56 Å². The first-order valence-corrected chi connectivity index (χ1v) is 7.43. The Morgan fingerprint density at radius 2 is 1.77 bits per heavy atom. The molecule has 0 radical (unpaired) electrons. The van der Waals surface area contributed by atoms with Gasteiger partial charge in [-0.3, -0.25) is 0 Å². The molecule has 0 aliphatic heterocycles. The fraction of sp³-hybridized carbons (Fsp3) is 0.235. The zero-order valence-electron chi connectivity index (χ0n) is 12.6. The molecule has 0 saturated heterocycles. The smallest absolute Gasteiger partial charge is 0.319 e. The molecular weight excluding hydrogens is 300 g/mol. The molecule has 0 heterocycles. The van der Waals surface area contributed by atoms with Crippen LogP contribution in [0.5, 0.6) is 5.75 Å². The van der Waals surface area contributed by atoms with Crippen molar-refractivity contribution < 1.29 is 9.53 Å². The highest BCUT2D eigenvalue weighted by Gasteiger charge is 2.08. The van der Waals surface area contributed by atoms with E-state index in [0.29, 0.717) is 17.3 Å². The number of carbonyl (C=O) groups is 1. The van der Waals surface area contributed by atoms with Gasteiger partial charge in [0.2, 0.25) is 0 Å². The Kier molecular flexibility index (Phi) is 5.67. The maximum Gasteiger partial charge on any atom is 0.319 e. The molecule has 0 saturated carbocycles. The van der Waals surface area contributed by atoms with Crippen molar-refractivity contribution in [3.63, 3.8) is 0 Å². The highest BCUT2D eigenvalue weighted by Crippen LogP contribution is 2.13.